The first-order valence-corrected chi connectivity index (χ1v) is 17.1. The molecular weight excluding hydrogens is 619 g/mol. The molecule has 0 unspecified atom stereocenters. The average molecular weight is 650 g/mol. The summed E-state index contributed by atoms with van der Waals surface area (Å²) >= 11 is 0. The quantitative estimate of drug-likeness (QED) is 0.168. The van der Waals surface area contributed by atoms with Crippen LogP contribution in [0.2, 0.25) is 0 Å². The third kappa shape index (κ3) is 5.37. The lowest BCUT2D eigenvalue weighted by Gasteiger charge is -2.25. The third-order valence-electron chi connectivity index (χ3n) is 9.78. The summed E-state index contributed by atoms with van der Waals surface area (Å²) in [6.07, 6.45) is 3.63. The second-order valence-corrected chi connectivity index (χ2v) is 12.7. The van der Waals surface area contributed by atoms with Crippen LogP contribution in [0.5, 0.6) is 0 Å². The first kappa shape index (κ1) is 30.1. The molecule has 0 aliphatic rings. The number of benzene rings is 8. The number of fused-ring (bicyclic) bond motifs is 3. The van der Waals surface area contributed by atoms with Gasteiger partial charge >= 0.3 is 0 Å². The van der Waals surface area contributed by atoms with Gasteiger partial charge in [0.15, 0.2) is 0 Å². The Hall–Kier alpha value is -7.02. The summed E-state index contributed by atoms with van der Waals surface area (Å²) in [5.74, 6) is 0. The molecule has 0 atom stereocenters. The van der Waals surface area contributed by atoms with Crippen LogP contribution in [0.25, 0.3) is 65.7 Å². The van der Waals surface area contributed by atoms with Crippen LogP contribution in [0.1, 0.15) is 5.56 Å². The second kappa shape index (κ2) is 12.8. The van der Waals surface area contributed by atoms with Crippen LogP contribution in [0.3, 0.4) is 0 Å². The van der Waals surface area contributed by atoms with Crippen LogP contribution in [0.4, 0.5) is 17.1 Å². The molecule has 0 aliphatic carbocycles. The second-order valence-electron chi connectivity index (χ2n) is 12.7. The van der Waals surface area contributed by atoms with Crippen molar-refractivity contribution in [1.29, 1.82) is 5.26 Å². The van der Waals surface area contributed by atoms with Crippen LogP contribution >= 0.6 is 0 Å². The van der Waals surface area contributed by atoms with E-state index in [0.29, 0.717) is 5.56 Å². The van der Waals surface area contributed by atoms with Crippen LogP contribution < -0.4 is 4.90 Å². The number of hydrogen-bond acceptors (Lipinski definition) is 3. The summed E-state index contributed by atoms with van der Waals surface area (Å²) in [5, 5.41) is 16.8. The molecule has 3 nitrogen and oxygen atoms in total. The molecule has 0 saturated carbocycles. The van der Waals surface area contributed by atoms with Gasteiger partial charge in [0.25, 0.3) is 0 Å². The highest BCUT2D eigenvalue weighted by Gasteiger charge is 2.18. The highest BCUT2D eigenvalue weighted by molar-refractivity contribution is 6.23. The van der Waals surface area contributed by atoms with Crippen LogP contribution in [0, 0.1) is 11.3 Å². The Morgan fingerprint density at radius 1 is 0.412 bits per heavy atom. The van der Waals surface area contributed by atoms with E-state index < -0.39 is 0 Å². The van der Waals surface area contributed by atoms with E-state index in [1.165, 1.54) is 54.6 Å². The molecule has 238 valence electrons. The summed E-state index contributed by atoms with van der Waals surface area (Å²) < 4.78 is 0. The Labute approximate surface area is 296 Å². The van der Waals surface area contributed by atoms with Crippen molar-refractivity contribution in [3.8, 4) is 39.4 Å². The van der Waals surface area contributed by atoms with Crippen molar-refractivity contribution >= 4 is 49.4 Å². The third-order valence-corrected chi connectivity index (χ3v) is 9.78. The zero-order valence-electron chi connectivity index (χ0n) is 27.7. The zero-order valence-corrected chi connectivity index (χ0v) is 27.7. The van der Waals surface area contributed by atoms with E-state index in [2.05, 4.69) is 155 Å². The molecule has 0 fully saturated rings. The van der Waals surface area contributed by atoms with Gasteiger partial charge in [0, 0.05) is 17.6 Å². The molecule has 3 heteroatoms. The lowest BCUT2D eigenvalue weighted by molar-refractivity contribution is 1.23. The van der Waals surface area contributed by atoms with Crippen LogP contribution in [-0.2, 0) is 0 Å². The molecule has 9 aromatic rings. The largest absolute Gasteiger partial charge is 0.309 e. The fourth-order valence-electron chi connectivity index (χ4n) is 7.42. The number of nitriles is 1. The molecule has 1 heterocycles. The van der Waals surface area contributed by atoms with Gasteiger partial charge in [-0.05, 0) is 114 Å². The molecule has 9 rings (SSSR count). The Kier molecular flexibility index (Phi) is 7.54. The molecule has 1 aromatic heterocycles. The fraction of sp³-hybridized carbons (Fsp3) is 0. The lowest BCUT2D eigenvalue weighted by atomic mass is 9.84. The minimum atomic E-state index is 0.630. The van der Waals surface area contributed by atoms with E-state index in [0.717, 1.165) is 28.2 Å². The summed E-state index contributed by atoms with van der Waals surface area (Å²) in [6.45, 7) is 0. The van der Waals surface area contributed by atoms with Crippen molar-refractivity contribution in [2.24, 2.45) is 0 Å². The van der Waals surface area contributed by atoms with Crippen molar-refractivity contribution in [1.82, 2.24) is 4.98 Å². The molecule has 0 aliphatic heterocycles. The number of anilines is 3. The topological polar surface area (TPSA) is 39.9 Å². The van der Waals surface area contributed by atoms with Gasteiger partial charge < -0.3 is 4.90 Å². The molecule has 0 bridgehead atoms. The summed E-state index contributed by atoms with van der Waals surface area (Å²) in [7, 11) is 0. The van der Waals surface area contributed by atoms with Gasteiger partial charge in [-0.15, -0.1) is 0 Å². The minimum Gasteiger partial charge on any atom is -0.309 e. The van der Waals surface area contributed by atoms with Gasteiger partial charge in [0.1, 0.15) is 0 Å². The number of rotatable bonds is 6. The van der Waals surface area contributed by atoms with Crippen molar-refractivity contribution < 1.29 is 0 Å². The fourth-order valence-corrected chi connectivity index (χ4v) is 7.42. The molecule has 0 saturated heterocycles. The maximum Gasteiger partial charge on any atom is 0.0991 e. The number of nitrogens with zero attached hydrogens (tertiary/aromatic N) is 3. The predicted molar refractivity (Wildman–Crippen MR) is 212 cm³/mol. The van der Waals surface area contributed by atoms with Gasteiger partial charge in [-0.2, -0.15) is 5.26 Å². The number of aromatic nitrogens is 1. The molecular formula is C48H31N3. The van der Waals surface area contributed by atoms with E-state index in [9.17, 15) is 5.26 Å². The van der Waals surface area contributed by atoms with Crippen LogP contribution in [0.15, 0.2) is 188 Å². The molecule has 0 radical (unpaired) electrons. The Bertz CT molecular complexity index is 2660. The highest BCUT2D eigenvalue weighted by Crippen LogP contribution is 2.45. The standard InChI is InChI=1S/C48H31N3/c49-31-33-18-26-38(27-19-33)51(40-11-8-30-50-32-40)39-28-24-35(25-29-39)34-20-22-37(23-21-34)47-43-13-3-5-15-45(43)48(46-16-6-4-14-44(46)47)42-17-7-10-36-9-1-2-12-41(36)42/h1-30,32H. The summed E-state index contributed by atoms with van der Waals surface area (Å²) in [5.41, 5.74) is 10.8. The monoisotopic (exact) mass is 649 g/mol. The molecule has 0 spiro atoms. The van der Waals surface area contributed by atoms with Gasteiger partial charge in [-0.1, -0.05) is 127 Å². The van der Waals surface area contributed by atoms with E-state index in [1.807, 2.05) is 42.6 Å². The smallest absolute Gasteiger partial charge is 0.0991 e. The van der Waals surface area contributed by atoms with Crippen molar-refractivity contribution in [3.05, 3.63) is 194 Å². The zero-order chi connectivity index (χ0) is 34.1. The lowest BCUT2D eigenvalue weighted by Crippen LogP contribution is -2.10. The van der Waals surface area contributed by atoms with Gasteiger partial charge in [0.2, 0.25) is 0 Å². The Balaban J connectivity index is 1.12. The number of hydrogen-bond donors (Lipinski definition) is 0. The van der Waals surface area contributed by atoms with E-state index >= 15 is 0 Å². The van der Waals surface area contributed by atoms with E-state index in [4.69, 9.17) is 0 Å². The first-order valence-electron chi connectivity index (χ1n) is 17.1. The normalized spacial score (nSPS) is 11.1. The van der Waals surface area contributed by atoms with Crippen LogP contribution in [-0.4, -0.2) is 4.98 Å². The molecule has 51 heavy (non-hydrogen) atoms. The maximum atomic E-state index is 9.33. The van der Waals surface area contributed by atoms with Gasteiger partial charge in [-0.3, -0.25) is 4.98 Å². The number of pyridine rings is 1. The maximum absolute atomic E-state index is 9.33. The van der Waals surface area contributed by atoms with Gasteiger partial charge in [0.05, 0.1) is 23.5 Å². The molecule has 0 N–H and O–H groups in total. The van der Waals surface area contributed by atoms with Gasteiger partial charge in [-0.25, -0.2) is 0 Å². The highest BCUT2D eigenvalue weighted by atomic mass is 15.1. The summed E-state index contributed by atoms with van der Waals surface area (Å²) in [6, 6.07) is 64.4. The molecule has 0 amide bonds. The van der Waals surface area contributed by atoms with Crippen molar-refractivity contribution in [2.75, 3.05) is 4.90 Å². The Morgan fingerprint density at radius 2 is 0.922 bits per heavy atom. The summed E-state index contributed by atoms with van der Waals surface area (Å²) in [4.78, 5) is 6.52. The van der Waals surface area contributed by atoms with Crippen molar-refractivity contribution in [3.63, 3.8) is 0 Å². The van der Waals surface area contributed by atoms with Crippen molar-refractivity contribution in [2.45, 2.75) is 0 Å². The first-order chi connectivity index (χ1) is 25.3. The minimum absolute atomic E-state index is 0.630. The molecule has 8 aromatic carbocycles. The van der Waals surface area contributed by atoms with E-state index in [1.54, 1.807) is 6.20 Å². The SMILES string of the molecule is N#Cc1ccc(N(c2ccc(-c3ccc(-c4c5ccccc5c(-c5cccc6ccccc56)c5ccccc45)cc3)cc2)c2cccnc2)cc1. The average Bonchev–Trinajstić information content (AvgIpc) is 3.21. The predicted octanol–water partition coefficient (Wildman–Crippen LogP) is 12.9. The Morgan fingerprint density at radius 3 is 1.51 bits per heavy atom. The van der Waals surface area contributed by atoms with E-state index in [-0.39, 0.29) is 0 Å².